The number of methoxy groups -OCH3 is 1. The van der Waals surface area contributed by atoms with Crippen LogP contribution < -0.4 is 10.1 Å². The van der Waals surface area contributed by atoms with E-state index in [1.54, 1.807) is 0 Å². The van der Waals surface area contributed by atoms with Crippen LogP contribution in [0.5, 0.6) is 17.2 Å². The summed E-state index contributed by atoms with van der Waals surface area (Å²) < 4.78 is 22.3. The van der Waals surface area contributed by atoms with Crippen LogP contribution in [0.1, 0.15) is 82.2 Å². The molecule has 0 spiro atoms. The second-order valence-corrected chi connectivity index (χ2v) is 11.4. The maximum atomic E-state index is 13.8. The highest BCUT2D eigenvalue weighted by Crippen LogP contribution is 2.52. The first-order valence-corrected chi connectivity index (χ1v) is 14.5. The van der Waals surface area contributed by atoms with Crippen LogP contribution in [0.2, 0.25) is 0 Å². The molecular weight excluding hydrogens is 594 g/mol. The number of aliphatic hydroxyl groups is 3. The van der Waals surface area contributed by atoms with Crippen LogP contribution in [0.15, 0.2) is 18.2 Å². The van der Waals surface area contributed by atoms with Gasteiger partial charge in [0.1, 0.15) is 35.6 Å². The van der Waals surface area contributed by atoms with Crippen molar-refractivity contribution in [3.8, 4) is 17.2 Å². The smallest absolute Gasteiger partial charge is 0.407 e. The molecule has 6 N–H and O–H groups in total. The highest BCUT2D eigenvalue weighted by Gasteiger charge is 2.50. The van der Waals surface area contributed by atoms with Gasteiger partial charge in [0.2, 0.25) is 5.78 Å². The van der Waals surface area contributed by atoms with Crippen LogP contribution in [0.25, 0.3) is 0 Å². The minimum atomic E-state index is -2.31. The lowest BCUT2D eigenvalue weighted by molar-refractivity contribution is -0.249. The van der Waals surface area contributed by atoms with E-state index in [2.05, 4.69) is 5.32 Å². The fourth-order valence-corrected chi connectivity index (χ4v) is 6.25. The van der Waals surface area contributed by atoms with E-state index >= 15 is 0 Å². The normalized spacial score (nSPS) is 27.2. The van der Waals surface area contributed by atoms with Crippen molar-refractivity contribution in [1.82, 2.24) is 5.32 Å². The molecule has 6 atom stereocenters. The molecule has 1 fully saturated rings. The third-order valence-corrected chi connectivity index (χ3v) is 8.50. The zero-order valence-electron chi connectivity index (χ0n) is 24.9. The third kappa shape index (κ3) is 5.53. The van der Waals surface area contributed by atoms with E-state index < -0.39 is 102 Å². The van der Waals surface area contributed by atoms with Gasteiger partial charge in [0.05, 0.1) is 48.7 Å². The number of phenolic OH excluding ortho intramolecular Hbond substituents is 2. The number of alkyl carbamates (subject to hydrolysis) is 1. The van der Waals surface area contributed by atoms with E-state index in [4.69, 9.17) is 18.9 Å². The monoisotopic (exact) mass is 629 g/mol. The first-order valence-electron chi connectivity index (χ1n) is 14.5. The molecule has 1 saturated heterocycles. The van der Waals surface area contributed by atoms with Gasteiger partial charge in [0.25, 0.3) is 0 Å². The molecule has 1 aliphatic heterocycles. The predicted molar refractivity (Wildman–Crippen MR) is 152 cm³/mol. The predicted octanol–water partition coefficient (Wildman–Crippen LogP) is 1.18. The highest BCUT2D eigenvalue weighted by atomic mass is 16.7. The average Bonchev–Trinajstić information content (AvgIpc) is 3.01. The van der Waals surface area contributed by atoms with Crippen molar-refractivity contribution in [2.45, 2.75) is 75.8 Å². The summed E-state index contributed by atoms with van der Waals surface area (Å²) in [5, 5.41) is 57.3. The summed E-state index contributed by atoms with van der Waals surface area (Å²) >= 11 is 0. The molecular formula is C31H35NO13. The molecule has 14 nitrogen and oxygen atoms in total. The summed E-state index contributed by atoms with van der Waals surface area (Å²) in [5.74, 6) is -3.99. The highest BCUT2D eigenvalue weighted by molar-refractivity contribution is 6.31. The number of ether oxygens (including phenoxy) is 4. The van der Waals surface area contributed by atoms with Crippen LogP contribution in [0.4, 0.5) is 4.79 Å². The number of rotatable bonds is 8. The van der Waals surface area contributed by atoms with E-state index in [0.29, 0.717) is 6.42 Å². The molecule has 45 heavy (non-hydrogen) atoms. The van der Waals surface area contributed by atoms with E-state index in [-0.39, 0.29) is 41.0 Å². The fraction of sp³-hybridized carbons (Fsp3) is 0.484. The quantitative estimate of drug-likeness (QED) is 0.193. The minimum absolute atomic E-state index is 0.0722. The number of hydrogen-bond donors (Lipinski definition) is 6. The molecule has 2 aromatic rings. The van der Waals surface area contributed by atoms with Gasteiger partial charge in [-0.1, -0.05) is 19.1 Å². The number of ketones is 3. The van der Waals surface area contributed by atoms with Gasteiger partial charge >= 0.3 is 6.09 Å². The number of aromatic hydroxyl groups is 2. The van der Waals surface area contributed by atoms with Gasteiger partial charge in [-0.25, -0.2) is 4.79 Å². The topological polar surface area (TPSA) is 218 Å². The second-order valence-electron chi connectivity index (χ2n) is 11.4. The summed E-state index contributed by atoms with van der Waals surface area (Å²) in [7, 11) is 1.31. The first kappa shape index (κ1) is 32.3. The Balaban J connectivity index is 1.58. The second kappa shape index (κ2) is 12.4. The number of amides is 1. The van der Waals surface area contributed by atoms with Gasteiger partial charge in [0, 0.05) is 36.0 Å². The minimum Gasteiger partial charge on any atom is -0.507 e. The van der Waals surface area contributed by atoms with Crippen LogP contribution in [-0.2, 0) is 25.4 Å². The Morgan fingerprint density at radius 1 is 1.11 bits per heavy atom. The van der Waals surface area contributed by atoms with Gasteiger partial charge in [-0.15, -0.1) is 0 Å². The Morgan fingerprint density at radius 3 is 2.49 bits per heavy atom. The molecule has 242 valence electrons. The number of phenols is 2. The fourth-order valence-electron chi connectivity index (χ4n) is 6.25. The molecule has 3 aliphatic rings. The van der Waals surface area contributed by atoms with Gasteiger partial charge in [0.15, 0.2) is 17.9 Å². The van der Waals surface area contributed by atoms with Crippen molar-refractivity contribution in [1.29, 1.82) is 0 Å². The molecule has 0 bridgehead atoms. The lowest BCUT2D eigenvalue weighted by Gasteiger charge is -2.42. The lowest BCUT2D eigenvalue weighted by atomic mass is 9.72. The number of Topliss-reactive ketones (excluding diaryl/α,β-unsaturated/α-hetero) is 1. The maximum absolute atomic E-state index is 13.8. The van der Waals surface area contributed by atoms with Gasteiger partial charge in [-0.3, -0.25) is 14.4 Å². The molecule has 0 radical (unpaired) electrons. The van der Waals surface area contributed by atoms with E-state index in [1.165, 1.54) is 32.2 Å². The molecule has 0 aromatic heterocycles. The summed E-state index contributed by atoms with van der Waals surface area (Å²) in [4.78, 5) is 52.4. The number of fused-ring (bicyclic) bond motifs is 3. The van der Waals surface area contributed by atoms with Gasteiger partial charge < -0.3 is 49.8 Å². The lowest BCUT2D eigenvalue weighted by Crippen LogP contribution is -2.56. The van der Waals surface area contributed by atoms with E-state index in [1.807, 2.05) is 6.92 Å². The number of benzene rings is 2. The number of nitrogens with one attached hydrogen (secondary N) is 1. The average molecular weight is 630 g/mol. The van der Waals surface area contributed by atoms with Crippen LogP contribution in [0, 0.1) is 0 Å². The van der Waals surface area contributed by atoms with Gasteiger partial charge in [-0.2, -0.15) is 0 Å². The summed E-state index contributed by atoms with van der Waals surface area (Å²) in [6, 6.07) is 3.42. The molecule has 0 unspecified atom stereocenters. The molecule has 1 amide bonds. The molecule has 14 heteroatoms. The van der Waals surface area contributed by atoms with E-state index in [0.717, 1.165) is 0 Å². The Hall–Kier alpha value is -4.08. The summed E-state index contributed by atoms with van der Waals surface area (Å²) in [5.41, 5.74) is -3.93. The molecule has 1 heterocycles. The Kier molecular flexibility index (Phi) is 8.88. The maximum Gasteiger partial charge on any atom is 0.407 e. The van der Waals surface area contributed by atoms with Crippen molar-refractivity contribution < 1.29 is 63.7 Å². The Morgan fingerprint density at radius 2 is 1.82 bits per heavy atom. The van der Waals surface area contributed by atoms with Crippen molar-refractivity contribution in [3.63, 3.8) is 0 Å². The summed E-state index contributed by atoms with van der Waals surface area (Å²) in [6.45, 7) is 2.44. The number of carbonyl (C=O) groups is 4. The van der Waals surface area contributed by atoms with E-state index in [9.17, 15) is 44.7 Å². The third-order valence-electron chi connectivity index (χ3n) is 8.50. The van der Waals surface area contributed by atoms with Gasteiger partial charge in [-0.05, 0) is 19.4 Å². The molecule has 0 saturated carbocycles. The summed E-state index contributed by atoms with van der Waals surface area (Å²) in [6.07, 6.45) is -6.17. The molecule has 5 rings (SSSR count). The van der Waals surface area contributed by atoms with Crippen LogP contribution >= 0.6 is 0 Å². The van der Waals surface area contributed by atoms with Crippen molar-refractivity contribution in [3.05, 3.63) is 51.6 Å². The van der Waals surface area contributed by atoms with Crippen molar-refractivity contribution in [2.75, 3.05) is 20.3 Å². The van der Waals surface area contributed by atoms with Crippen LogP contribution in [-0.4, -0.2) is 99.4 Å². The molecule has 2 aromatic carbocycles. The number of aliphatic hydroxyl groups excluding tert-OH is 2. The van der Waals surface area contributed by atoms with Crippen molar-refractivity contribution >= 4 is 23.4 Å². The Bertz CT molecular complexity index is 1550. The zero-order chi connectivity index (χ0) is 32.8. The standard InChI is InChI=1S/C31H35NO13/c1-4-8-43-30(40)32-16-9-20(44-13(2)25(16)35)45-18-11-31(41,19(34)12-33)10-15-22(18)29(39)24-23(27(15)37)26(36)14-6-5-7-17(42-3)21(14)28(24)38/h5-7,13,16,18,20,25,33,35,37,39,41H,4,8-12H2,1-3H3,(H,32,40)/t13-,16-,18-,20-,25+,31-/m0/s1. The first-order chi connectivity index (χ1) is 21.4. The zero-order valence-corrected chi connectivity index (χ0v) is 24.9. The molecule has 2 aliphatic carbocycles. The van der Waals surface area contributed by atoms with Crippen LogP contribution in [0.3, 0.4) is 0 Å². The number of hydrogen-bond acceptors (Lipinski definition) is 13. The largest absolute Gasteiger partial charge is 0.507 e. The number of carbonyl (C=O) groups excluding carboxylic acids is 4. The Labute approximate surface area is 257 Å². The van der Waals surface area contributed by atoms with Crippen molar-refractivity contribution in [2.24, 2.45) is 0 Å². The SMILES string of the molecule is CCCOC(=O)N[C@H]1C[C@H](O[C@H]2C[C@](O)(C(=O)CO)Cc3c(O)c4c(c(O)c32)C(=O)c2c(OC)cccc2C4=O)O[C@@H](C)[C@H]1O.